The Balaban J connectivity index is 1.96. The molecule has 168 valence electrons. The van der Waals surface area contributed by atoms with E-state index in [1.165, 1.54) is 0 Å². The maximum atomic E-state index is 12.6. The molecule has 0 radical (unpaired) electrons. The number of hydrogen-bond donors (Lipinski definition) is 4. The zero-order valence-electron chi connectivity index (χ0n) is 18.8. The zero-order chi connectivity index (χ0) is 21.7. The van der Waals surface area contributed by atoms with Crippen LogP contribution in [0.3, 0.4) is 0 Å². The van der Waals surface area contributed by atoms with Crippen molar-refractivity contribution < 1.29 is 19.8 Å². The third-order valence-electron chi connectivity index (χ3n) is 6.88. The van der Waals surface area contributed by atoms with Crippen LogP contribution < -0.4 is 10.6 Å². The Morgan fingerprint density at radius 1 is 0.690 bits per heavy atom. The van der Waals surface area contributed by atoms with Crippen molar-refractivity contribution in [3.8, 4) is 0 Å². The lowest BCUT2D eigenvalue weighted by molar-refractivity contribution is -0.134. The largest absolute Gasteiger partial charge is 0.388 e. The number of carbonyl (C=O) groups is 2. The van der Waals surface area contributed by atoms with Crippen LogP contribution in [0.25, 0.3) is 0 Å². The first-order valence-electron chi connectivity index (χ1n) is 11.6. The average molecular weight is 411 g/mol. The number of hydrogen-bond acceptors (Lipinski definition) is 4. The molecule has 2 amide bonds. The molecular weight excluding hydrogens is 368 g/mol. The molecule has 0 heterocycles. The highest BCUT2D eigenvalue weighted by Crippen LogP contribution is 2.35. The van der Waals surface area contributed by atoms with Crippen molar-refractivity contribution in [1.82, 2.24) is 10.6 Å². The number of nitrogens with one attached hydrogen (secondary N) is 2. The molecule has 0 aliphatic heterocycles. The highest BCUT2D eigenvalue weighted by Gasteiger charge is 2.42. The van der Waals surface area contributed by atoms with Crippen molar-refractivity contribution >= 4 is 11.8 Å². The molecule has 6 heteroatoms. The normalized spacial score (nSPS) is 23.4. The van der Waals surface area contributed by atoms with Gasteiger partial charge in [-0.15, -0.1) is 0 Å². The van der Waals surface area contributed by atoms with Crippen LogP contribution in [0.2, 0.25) is 0 Å². The molecule has 2 saturated carbocycles. The first-order valence-corrected chi connectivity index (χ1v) is 11.6. The Bertz CT molecular complexity index is 501. The molecular formula is C23H42N2O4. The van der Waals surface area contributed by atoms with Crippen LogP contribution in [-0.2, 0) is 9.59 Å². The predicted octanol–water partition coefficient (Wildman–Crippen LogP) is 3.05. The summed E-state index contributed by atoms with van der Waals surface area (Å²) < 4.78 is 0. The lowest BCUT2D eigenvalue weighted by atomic mass is 9.75. The Labute approximate surface area is 176 Å². The minimum absolute atomic E-state index is 0.0801. The molecule has 0 bridgehead atoms. The second kappa shape index (κ2) is 10.3. The van der Waals surface area contributed by atoms with Crippen molar-refractivity contribution in [1.29, 1.82) is 0 Å². The second-order valence-corrected chi connectivity index (χ2v) is 10.1. The summed E-state index contributed by atoms with van der Waals surface area (Å²) in [6.45, 7) is 7.96. The van der Waals surface area contributed by atoms with Crippen molar-refractivity contribution in [2.24, 2.45) is 11.8 Å². The SMILES string of the molecule is CC(C)C(NC(=O)CC(=O)NC(C(C)C)C1(O)CCCCC1)C1(O)CCCCC1. The second-order valence-electron chi connectivity index (χ2n) is 10.1. The molecule has 2 fully saturated rings. The standard InChI is InChI=1S/C23H42N2O4/c1-16(2)20(22(28)11-7-5-8-12-22)24-18(26)15-19(27)25-21(17(3)4)23(29)13-9-6-10-14-23/h16-17,20-21,28-29H,5-15H2,1-4H3,(H,24,26)(H,25,27). The van der Waals surface area contributed by atoms with E-state index in [1.807, 2.05) is 27.7 Å². The Morgan fingerprint density at radius 3 is 1.28 bits per heavy atom. The summed E-state index contributed by atoms with van der Waals surface area (Å²) in [5, 5.41) is 28.0. The van der Waals surface area contributed by atoms with E-state index in [1.54, 1.807) is 0 Å². The minimum atomic E-state index is -0.893. The molecule has 0 spiro atoms. The van der Waals surface area contributed by atoms with Gasteiger partial charge in [0.15, 0.2) is 0 Å². The van der Waals surface area contributed by atoms with Crippen molar-refractivity contribution in [2.75, 3.05) is 0 Å². The number of amides is 2. The van der Waals surface area contributed by atoms with E-state index in [0.29, 0.717) is 25.7 Å². The van der Waals surface area contributed by atoms with Gasteiger partial charge in [0.25, 0.3) is 0 Å². The minimum Gasteiger partial charge on any atom is -0.388 e. The first-order chi connectivity index (χ1) is 13.6. The predicted molar refractivity (Wildman–Crippen MR) is 114 cm³/mol. The zero-order valence-corrected chi connectivity index (χ0v) is 18.8. The molecule has 0 aromatic carbocycles. The third kappa shape index (κ3) is 6.42. The molecule has 2 rings (SSSR count). The summed E-state index contributed by atoms with van der Waals surface area (Å²) in [5.74, 6) is -0.565. The van der Waals surface area contributed by atoms with Crippen molar-refractivity contribution in [2.45, 2.75) is 122 Å². The topological polar surface area (TPSA) is 98.7 Å². The average Bonchev–Trinajstić information content (AvgIpc) is 2.64. The molecule has 2 aliphatic carbocycles. The van der Waals surface area contributed by atoms with Gasteiger partial charge in [0, 0.05) is 0 Å². The van der Waals surface area contributed by atoms with Crippen LogP contribution in [-0.4, -0.2) is 45.3 Å². The fourth-order valence-corrected chi connectivity index (χ4v) is 5.39. The molecule has 2 unspecified atom stereocenters. The molecule has 29 heavy (non-hydrogen) atoms. The fourth-order valence-electron chi connectivity index (χ4n) is 5.39. The van der Waals surface area contributed by atoms with E-state index >= 15 is 0 Å². The fraction of sp³-hybridized carbons (Fsp3) is 0.913. The van der Waals surface area contributed by atoms with Gasteiger partial charge in [-0.25, -0.2) is 0 Å². The van der Waals surface area contributed by atoms with E-state index < -0.39 is 11.2 Å². The van der Waals surface area contributed by atoms with Gasteiger partial charge in [-0.05, 0) is 37.5 Å². The highest BCUT2D eigenvalue weighted by molar-refractivity contribution is 5.97. The Morgan fingerprint density at radius 2 is 1.00 bits per heavy atom. The van der Waals surface area contributed by atoms with Gasteiger partial charge in [0.2, 0.25) is 11.8 Å². The van der Waals surface area contributed by atoms with Gasteiger partial charge in [-0.3, -0.25) is 9.59 Å². The van der Waals surface area contributed by atoms with Crippen LogP contribution in [0, 0.1) is 11.8 Å². The number of carbonyl (C=O) groups excluding carboxylic acids is 2. The van der Waals surface area contributed by atoms with E-state index in [4.69, 9.17) is 0 Å². The van der Waals surface area contributed by atoms with Crippen LogP contribution >= 0.6 is 0 Å². The first kappa shape index (κ1) is 24.1. The van der Waals surface area contributed by atoms with E-state index in [2.05, 4.69) is 10.6 Å². The van der Waals surface area contributed by atoms with Gasteiger partial charge in [0.1, 0.15) is 6.42 Å². The smallest absolute Gasteiger partial charge is 0.229 e. The molecule has 2 atom stereocenters. The molecule has 0 aromatic rings. The summed E-state index contributed by atoms with van der Waals surface area (Å²) in [6, 6.07) is -0.710. The van der Waals surface area contributed by atoms with Crippen molar-refractivity contribution in [3.63, 3.8) is 0 Å². The van der Waals surface area contributed by atoms with Gasteiger partial charge >= 0.3 is 0 Å². The van der Waals surface area contributed by atoms with E-state index in [0.717, 1.165) is 38.5 Å². The summed E-state index contributed by atoms with van der Waals surface area (Å²) >= 11 is 0. The maximum absolute atomic E-state index is 12.6. The number of aliphatic hydroxyl groups is 2. The van der Waals surface area contributed by atoms with Gasteiger partial charge in [0.05, 0.1) is 23.3 Å². The summed E-state index contributed by atoms with van der Waals surface area (Å²) in [4.78, 5) is 25.2. The van der Waals surface area contributed by atoms with Crippen LogP contribution in [0.4, 0.5) is 0 Å². The summed E-state index contributed by atoms with van der Waals surface area (Å²) in [6.07, 6.45) is 8.54. The van der Waals surface area contributed by atoms with Gasteiger partial charge < -0.3 is 20.8 Å². The molecule has 4 N–H and O–H groups in total. The highest BCUT2D eigenvalue weighted by atomic mass is 16.3. The van der Waals surface area contributed by atoms with Crippen LogP contribution in [0.5, 0.6) is 0 Å². The van der Waals surface area contributed by atoms with Crippen LogP contribution in [0.1, 0.15) is 98.3 Å². The Kier molecular flexibility index (Phi) is 8.53. The lowest BCUT2D eigenvalue weighted by Gasteiger charge is -2.42. The maximum Gasteiger partial charge on any atom is 0.229 e. The lowest BCUT2D eigenvalue weighted by Crippen LogP contribution is -2.58. The van der Waals surface area contributed by atoms with Gasteiger partial charge in [-0.2, -0.15) is 0 Å². The molecule has 2 aliphatic rings. The van der Waals surface area contributed by atoms with E-state index in [-0.39, 0.29) is 42.2 Å². The monoisotopic (exact) mass is 410 g/mol. The quantitative estimate of drug-likeness (QED) is 0.462. The summed E-state index contributed by atoms with van der Waals surface area (Å²) in [5.41, 5.74) is -1.79. The van der Waals surface area contributed by atoms with E-state index in [9.17, 15) is 19.8 Å². The summed E-state index contributed by atoms with van der Waals surface area (Å²) in [7, 11) is 0. The molecule has 0 saturated heterocycles. The third-order valence-corrected chi connectivity index (χ3v) is 6.88. The van der Waals surface area contributed by atoms with Crippen LogP contribution in [0.15, 0.2) is 0 Å². The van der Waals surface area contributed by atoms with Crippen molar-refractivity contribution in [3.05, 3.63) is 0 Å². The Hall–Kier alpha value is -1.14. The molecule has 0 aromatic heterocycles. The number of rotatable bonds is 8. The molecule has 6 nitrogen and oxygen atoms in total. The van der Waals surface area contributed by atoms with Gasteiger partial charge in [-0.1, -0.05) is 66.2 Å².